The molecule has 1 saturated heterocycles. The van der Waals surface area contributed by atoms with E-state index in [0.717, 1.165) is 37.6 Å². The maximum atomic E-state index is 14.8. The lowest BCUT2D eigenvalue weighted by Gasteiger charge is -2.34. The van der Waals surface area contributed by atoms with Crippen LogP contribution in [0, 0.1) is 11.7 Å². The van der Waals surface area contributed by atoms with Gasteiger partial charge in [-0.1, -0.05) is 0 Å². The monoisotopic (exact) mass is 595 g/mol. The lowest BCUT2D eigenvalue weighted by Crippen LogP contribution is -2.40. The summed E-state index contributed by atoms with van der Waals surface area (Å²) in [5.74, 6) is 0.442. The van der Waals surface area contributed by atoms with E-state index in [2.05, 4.69) is 25.2 Å². The summed E-state index contributed by atoms with van der Waals surface area (Å²) in [5, 5.41) is 3.17. The number of carbonyl (C=O) groups is 1. The zero-order chi connectivity index (χ0) is 29.9. The Morgan fingerprint density at radius 3 is 2.67 bits per heavy atom. The topological polar surface area (TPSA) is 87.9 Å². The molecule has 9 nitrogen and oxygen atoms in total. The lowest BCUT2D eigenvalue weighted by molar-refractivity contribution is -0.141. The summed E-state index contributed by atoms with van der Waals surface area (Å²) in [4.78, 5) is 30.6. The van der Waals surface area contributed by atoms with Crippen molar-refractivity contribution >= 4 is 17.4 Å². The fraction of sp³-hybridized carbons (Fsp3) is 0.400. The van der Waals surface area contributed by atoms with Crippen molar-refractivity contribution in [1.29, 1.82) is 0 Å². The standard InChI is InChI=1S/C30H29F4N7O2/c1-39-7-4-17(5-8-39)14-40-15-18-10-25(30(32,33)34)35-11-20(18)22-13-37-29(41-16-38-26(27(22)41)28(40)42)36-12-21-19-6-9-43-24(19)3-2-23(21)31/h2-3,10-11,13,16-17H,4-9,12,14-15H2,1H3,(H,36,37). The zero-order valence-electron chi connectivity index (χ0n) is 23.4. The highest BCUT2D eigenvalue weighted by Gasteiger charge is 2.36. The molecule has 13 heteroatoms. The van der Waals surface area contributed by atoms with Crippen LogP contribution in [0.4, 0.5) is 23.5 Å². The molecule has 224 valence electrons. The number of amides is 1. The Morgan fingerprint density at radius 2 is 1.88 bits per heavy atom. The fourth-order valence-corrected chi connectivity index (χ4v) is 6.33. The SMILES string of the molecule is CN1CCC(CN2Cc3cc(C(F)(F)F)ncc3-c3cnc(NCc4c(F)ccc5c4CCO5)n4cnc(c34)C2=O)CC1. The third-order valence-corrected chi connectivity index (χ3v) is 8.67. The first kappa shape index (κ1) is 27.6. The number of nitrogens with zero attached hydrogens (tertiary/aromatic N) is 6. The van der Waals surface area contributed by atoms with Gasteiger partial charge in [0.15, 0.2) is 5.69 Å². The molecule has 7 rings (SSSR count). The van der Waals surface area contributed by atoms with Crippen LogP contribution in [0.3, 0.4) is 0 Å². The van der Waals surface area contributed by atoms with Crippen LogP contribution in [0.5, 0.6) is 5.75 Å². The first-order valence-corrected chi connectivity index (χ1v) is 14.2. The first-order chi connectivity index (χ1) is 20.7. The molecular weight excluding hydrogens is 566 g/mol. The summed E-state index contributed by atoms with van der Waals surface area (Å²) < 4.78 is 63.1. The van der Waals surface area contributed by atoms with Crippen LogP contribution in [0.25, 0.3) is 16.6 Å². The van der Waals surface area contributed by atoms with Crippen LogP contribution < -0.4 is 10.1 Å². The summed E-state index contributed by atoms with van der Waals surface area (Å²) >= 11 is 0. The van der Waals surface area contributed by atoms with Crippen LogP contribution in [0.2, 0.25) is 0 Å². The number of ether oxygens (including phenoxy) is 1. The second-order valence-electron chi connectivity index (χ2n) is 11.4. The highest BCUT2D eigenvalue weighted by molar-refractivity contribution is 6.04. The van der Waals surface area contributed by atoms with Gasteiger partial charge in [0.25, 0.3) is 5.91 Å². The van der Waals surface area contributed by atoms with Gasteiger partial charge < -0.3 is 19.9 Å². The molecule has 1 amide bonds. The number of nitrogens with one attached hydrogen (secondary N) is 1. The number of benzene rings is 1. The molecule has 0 radical (unpaired) electrons. The summed E-state index contributed by atoms with van der Waals surface area (Å²) in [6, 6.07) is 4.01. The van der Waals surface area contributed by atoms with Gasteiger partial charge >= 0.3 is 6.18 Å². The first-order valence-electron chi connectivity index (χ1n) is 14.2. The van der Waals surface area contributed by atoms with E-state index in [1.807, 2.05) is 7.05 Å². The normalized spacial score (nSPS) is 17.4. The largest absolute Gasteiger partial charge is 0.493 e. The summed E-state index contributed by atoms with van der Waals surface area (Å²) in [6.45, 7) is 2.76. The second kappa shape index (κ2) is 10.5. The molecule has 0 saturated carbocycles. The Balaban J connectivity index is 1.30. The molecule has 0 spiro atoms. The van der Waals surface area contributed by atoms with E-state index in [1.54, 1.807) is 15.4 Å². The summed E-state index contributed by atoms with van der Waals surface area (Å²) in [5.41, 5.74) is 2.05. The van der Waals surface area contributed by atoms with Crippen molar-refractivity contribution in [3.05, 3.63) is 70.8 Å². The number of hydrogen-bond acceptors (Lipinski definition) is 7. The minimum Gasteiger partial charge on any atom is -0.493 e. The van der Waals surface area contributed by atoms with Crippen molar-refractivity contribution in [2.75, 3.05) is 38.6 Å². The van der Waals surface area contributed by atoms with Crippen molar-refractivity contribution in [1.82, 2.24) is 29.2 Å². The Labute approximate surface area is 244 Å². The van der Waals surface area contributed by atoms with Crippen LogP contribution in [0.1, 0.15) is 45.7 Å². The molecule has 6 heterocycles. The molecule has 0 atom stereocenters. The van der Waals surface area contributed by atoms with Gasteiger partial charge in [0.1, 0.15) is 23.6 Å². The molecule has 0 unspecified atom stereocenters. The van der Waals surface area contributed by atoms with E-state index in [9.17, 15) is 22.4 Å². The van der Waals surface area contributed by atoms with E-state index in [4.69, 9.17) is 4.74 Å². The van der Waals surface area contributed by atoms with Gasteiger partial charge in [0.05, 0.1) is 12.1 Å². The summed E-state index contributed by atoms with van der Waals surface area (Å²) in [7, 11) is 2.05. The number of piperidine rings is 1. The molecule has 4 aromatic rings. The number of anilines is 1. The molecule has 0 aliphatic carbocycles. The van der Waals surface area contributed by atoms with E-state index < -0.39 is 11.9 Å². The van der Waals surface area contributed by atoms with Crippen LogP contribution in [0.15, 0.2) is 36.9 Å². The number of aromatic nitrogens is 4. The fourth-order valence-electron chi connectivity index (χ4n) is 6.33. The maximum absolute atomic E-state index is 14.8. The van der Waals surface area contributed by atoms with Crippen LogP contribution in [-0.2, 0) is 25.7 Å². The number of imidazole rings is 1. The highest BCUT2D eigenvalue weighted by Crippen LogP contribution is 2.38. The number of hydrogen-bond donors (Lipinski definition) is 1. The van der Waals surface area contributed by atoms with Crippen molar-refractivity contribution in [2.45, 2.75) is 38.5 Å². The third kappa shape index (κ3) is 4.94. The predicted octanol–water partition coefficient (Wildman–Crippen LogP) is 4.79. The second-order valence-corrected chi connectivity index (χ2v) is 11.4. The van der Waals surface area contributed by atoms with Crippen LogP contribution >= 0.6 is 0 Å². The third-order valence-electron chi connectivity index (χ3n) is 8.67. The average Bonchev–Trinajstić information content (AvgIpc) is 3.64. The van der Waals surface area contributed by atoms with Gasteiger partial charge in [-0.2, -0.15) is 13.2 Å². The van der Waals surface area contributed by atoms with E-state index >= 15 is 0 Å². The van der Waals surface area contributed by atoms with Gasteiger partial charge in [-0.25, -0.2) is 14.4 Å². The predicted molar refractivity (Wildman–Crippen MR) is 149 cm³/mol. The Hall–Kier alpha value is -4.26. The number of fused-ring (bicyclic) bond motifs is 3. The molecule has 0 bridgehead atoms. The number of pyridine rings is 1. The molecule has 1 fully saturated rings. The van der Waals surface area contributed by atoms with Crippen molar-refractivity contribution in [3.8, 4) is 16.9 Å². The van der Waals surface area contributed by atoms with E-state index in [0.29, 0.717) is 59.0 Å². The maximum Gasteiger partial charge on any atom is 0.433 e. The number of likely N-dealkylation sites (tertiary alicyclic amines) is 1. The summed E-state index contributed by atoms with van der Waals surface area (Å²) in [6.07, 6.45) is 1.89. The quantitative estimate of drug-likeness (QED) is 0.332. The van der Waals surface area contributed by atoms with Crippen molar-refractivity contribution in [3.63, 3.8) is 0 Å². The Morgan fingerprint density at radius 1 is 1.09 bits per heavy atom. The molecular formula is C30H29F4N7O2. The highest BCUT2D eigenvalue weighted by atomic mass is 19.4. The number of halogens is 4. The van der Waals surface area contributed by atoms with Gasteiger partial charge in [0.2, 0.25) is 5.95 Å². The van der Waals surface area contributed by atoms with E-state index in [1.165, 1.54) is 24.8 Å². The van der Waals surface area contributed by atoms with Gasteiger partial charge in [-0.3, -0.25) is 14.2 Å². The average molecular weight is 596 g/mol. The lowest BCUT2D eigenvalue weighted by atomic mass is 9.94. The minimum absolute atomic E-state index is 0.00890. The van der Waals surface area contributed by atoms with Gasteiger partial charge in [-0.15, -0.1) is 0 Å². The molecule has 3 aromatic heterocycles. The Bertz CT molecular complexity index is 1730. The Kier molecular flexibility index (Phi) is 6.71. The smallest absolute Gasteiger partial charge is 0.433 e. The molecule has 43 heavy (non-hydrogen) atoms. The zero-order valence-corrected chi connectivity index (χ0v) is 23.4. The minimum atomic E-state index is -4.64. The van der Waals surface area contributed by atoms with Crippen molar-refractivity contribution < 1.29 is 27.1 Å². The number of rotatable bonds is 5. The van der Waals surface area contributed by atoms with Crippen molar-refractivity contribution in [2.24, 2.45) is 5.92 Å². The van der Waals surface area contributed by atoms with Gasteiger partial charge in [-0.05, 0) is 62.7 Å². The molecule has 3 aliphatic rings. The molecule has 3 aliphatic heterocycles. The van der Waals surface area contributed by atoms with E-state index in [-0.39, 0.29) is 36.4 Å². The number of alkyl halides is 3. The number of carbonyl (C=O) groups excluding carboxylic acids is 1. The van der Waals surface area contributed by atoms with Gasteiger partial charge in [0, 0.05) is 60.7 Å². The molecule has 1 N–H and O–H groups in total. The van der Waals surface area contributed by atoms with Crippen LogP contribution in [-0.4, -0.2) is 68.3 Å². The molecule has 1 aromatic carbocycles.